The van der Waals surface area contributed by atoms with Crippen LogP contribution < -0.4 is 5.32 Å². The highest BCUT2D eigenvalue weighted by Gasteiger charge is 2.17. The minimum atomic E-state index is 0.266. The topological polar surface area (TPSA) is 24.4 Å². The molecule has 0 saturated heterocycles. The Balaban J connectivity index is 3.83. The van der Waals surface area contributed by atoms with E-state index in [4.69, 9.17) is 0 Å². The third kappa shape index (κ3) is 6.55. The lowest BCUT2D eigenvalue weighted by Gasteiger charge is -2.23. The van der Waals surface area contributed by atoms with Gasteiger partial charge in [0.1, 0.15) is 0 Å². The van der Waals surface area contributed by atoms with Gasteiger partial charge in [-0.05, 0) is 25.7 Å². The third-order valence-corrected chi connectivity index (χ3v) is 2.79. The minimum absolute atomic E-state index is 0.266. The lowest BCUT2D eigenvalue weighted by molar-refractivity contribution is 0.342. The fourth-order valence-corrected chi connectivity index (χ4v) is 1.37. The summed E-state index contributed by atoms with van der Waals surface area (Å²) < 4.78 is 0. The predicted molar refractivity (Wildman–Crippen MR) is 68.4 cm³/mol. The molecule has 0 aliphatic rings. The molecule has 0 aliphatic heterocycles. The quantitative estimate of drug-likeness (QED) is 0.459. The molecule has 2 nitrogen and oxygen atoms in total. The average Bonchev–Trinajstić information content (AvgIpc) is 2.02. The van der Waals surface area contributed by atoms with Crippen LogP contribution in [0.1, 0.15) is 41.0 Å². The van der Waals surface area contributed by atoms with Crippen LogP contribution in [-0.4, -0.2) is 23.8 Å². The molecule has 0 radical (unpaired) electrons. The van der Waals surface area contributed by atoms with Crippen molar-refractivity contribution < 1.29 is 0 Å². The highest BCUT2D eigenvalue weighted by Crippen LogP contribution is 2.21. The number of nitrogens with one attached hydrogen (secondary N) is 1. The van der Waals surface area contributed by atoms with Gasteiger partial charge in [-0.1, -0.05) is 36.7 Å². The molecule has 0 rings (SSSR count). The van der Waals surface area contributed by atoms with Crippen molar-refractivity contribution in [1.82, 2.24) is 5.32 Å². The molecule has 0 fully saturated rings. The van der Waals surface area contributed by atoms with E-state index in [1.54, 1.807) is 0 Å². The number of rotatable bonds is 5. The molecule has 0 saturated carbocycles. The lowest BCUT2D eigenvalue weighted by Crippen LogP contribution is -2.25. The van der Waals surface area contributed by atoms with Crippen LogP contribution in [0.2, 0.25) is 0 Å². The van der Waals surface area contributed by atoms with E-state index in [-0.39, 0.29) is 5.41 Å². The Morgan fingerprint density at radius 1 is 1.36 bits per heavy atom. The summed E-state index contributed by atoms with van der Waals surface area (Å²) in [5.41, 5.74) is 1.11. The van der Waals surface area contributed by atoms with Crippen molar-refractivity contribution in [3.05, 3.63) is 0 Å². The Labute approximate surface area is 96.7 Å². The molecular weight excluding hydrogens is 240 g/mol. The van der Waals surface area contributed by atoms with Gasteiger partial charge >= 0.3 is 0 Å². The highest BCUT2D eigenvalue weighted by atomic mass is 79.9. The third-order valence-electron chi connectivity index (χ3n) is 2.47. The SMILES string of the molecule is C[C@H](C/C=N/[C@H](C)C(C)(C)C)NCBr. The van der Waals surface area contributed by atoms with Crippen LogP contribution >= 0.6 is 15.9 Å². The molecule has 1 N–H and O–H groups in total. The van der Waals surface area contributed by atoms with E-state index in [9.17, 15) is 0 Å². The van der Waals surface area contributed by atoms with Gasteiger partial charge in [0.15, 0.2) is 0 Å². The second-order valence-corrected chi connectivity index (χ2v) is 5.41. The number of aliphatic imine (C=N–C) groups is 1. The molecule has 14 heavy (non-hydrogen) atoms. The van der Waals surface area contributed by atoms with Crippen molar-refractivity contribution >= 4 is 22.1 Å². The molecule has 0 spiro atoms. The molecular formula is C11H23BrN2. The van der Waals surface area contributed by atoms with Crippen molar-refractivity contribution in [1.29, 1.82) is 0 Å². The molecule has 84 valence electrons. The normalized spacial score (nSPS) is 17.3. The first-order valence-corrected chi connectivity index (χ1v) is 6.31. The fraction of sp³-hybridized carbons (Fsp3) is 0.909. The van der Waals surface area contributed by atoms with Crippen LogP contribution in [0.15, 0.2) is 4.99 Å². The average molecular weight is 263 g/mol. The van der Waals surface area contributed by atoms with Gasteiger partial charge in [0.05, 0.1) is 11.5 Å². The second-order valence-electron chi connectivity index (χ2n) is 4.85. The van der Waals surface area contributed by atoms with Gasteiger partial charge in [0, 0.05) is 12.3 Å². The van der Waals surface area contributed by atoms with E-state index in [0.717, 1.165) is 11.9 Å². The van der Waals surface area contributed by atoms with E-state index in [1.807, 2.05) is 6.21 Å². The molecule has 3 heteroatoms. The number of nitrogens with zero attached hydrogens (tertiary/aromatic N) is 1. The monoisotopic (exact) mass is 262 g/mol. The molecule has 2 atom stereocenters. The zero-order valence-corrected chi connectivity index (χ0v) is 11.6. The Kier molecular flexibility index (Phi) is 6.62. The summed E-state index contributed by atoms with van der Waals surface area (Å²) in [5.74, 6) is 0. The minimum Gasteiger partial charge on any atom is -0.304 e. The summed E-state index contributed by atoms with van der Waals surface area (Å²) >= 11 is 3.35. The zero-order chi connectivity index (χ0) is 11.2. The first kappa shape index (κ1) is 14.1. The van der Waals surface area contributed by atoms with E-state index >= 15 is 0 Å². The number of hydrogen-bond acceptors (Lipinski definition) is 2. The van der Waals surface area contributed by atoms with E-state index in [1.165, 1.54) is 0 Å². The lowest BCUT2D eigenvalue weighted by atomic mass is 9.88. The molecule has 0 aromatic heterocycles. The maximum Gasteiger partial charge on any atom is 0.0519 e. The Hall–Kier alpha value is 0.110. The van der Waals surface area contributed by atoms with Gasteiger partial charge in [-0.25, -0.2) is 0 Å². The zero-order valence-electron chi connectivity index (χ0n) is 9.97. The van der Waals surface area contributed by atoms with Gasteiger partial charge in [-0.2, -0.15) is 0 Å². The summed E-state index contributed by atoms with van der Waals surface area (Å²) in [6.07, 6.45) is 3.03. The van der Waals surface area contributed by atoms with Crippen LogP contribution in [0, 0.1) is 5.41 Å². The maximum absolute atomic E-state index is 4.54. The summed E-state index contributed by atoms with van der Waals surface area (Å²) in [6.45, 7) is 11.0. The molecule has 0 aromatic rings. The number of hydrogen-bond donors (Lipinski definition) is 1. The molecule has 0 aromatic carbocycles. The summed E-state index contributed by atoms with van der Waals surface area (Å²) in [5, 5.41) is 3.28. The number of halogens is 1. The van der Waals surface area contributed by atoms with E-state index < -0.39 is 0 Å². The predicted octanol–water partition coefficient (Wildman–Crippen LogP) is 3.21. The standard InChI is InChI=1S/C11H23BrN2/c1-9(14-8-12)6-7-13-10(2)11(3,4)5/h7,9-10,14H,6,8H2,1-5H3/b13-7+/t9-,10-/m1/s1. The van der Waals surface area contributed by atoms with Crippen molar-refractivity contribution in [2.45, 2.75) is 53.1 Å². The molecule has 0 unspecified atom stereocenters. The van der Waals surface area contributed by atoms with Crippen LogP contribution in [0.3, 0.4) is 0 Å². The van der Waals surface area contributed by atoms with Gasteiger partial charge in [-0.15, -0.1) is 0 Å². The summed E-state index contributed by atoms with van der Waals surface area (Å²) in [4.78, 5) is 4.54. The summed E-state index contributed by atoms with van der Waals surface area (Å²) in [7, 11) is 0. The van der Waals surface area contributed by atoms with E-state index in [2.05, 4.69) is 60.9 Å². The fourth-order valence-electron chi connectivity index (χ4n) is 0.816. The maximum atomic E-state index is 4.54. The van der Waals surface area contributed by atoms with Crippen LogP contribution in [0.5, 0.6) is 0 Å². The molecule has 0 aliphatic carbocycles. The molecule has 0 amide bonds. The van der Waals surface area contributed by atoms with Gasteiger partial charge < -0.3 is 5.32 Å². The molecule has 0 heterocycles. The Bertz CT molecular complexity index is 173. The van der Waals surface area contributed by atoms with E-state index in [0.29, 0.717) is 12.1 Å². The first-order valence-electron chi connectivity index (χ1n) is 5.19. The van der Waals surface area contributed by atoms with Gasteiger partial charge in [-0.3, -0.25) is 4.99 Å². The first-order chi connectivity index (χ1) is 6.38. The van der Waals surface area contributed by atoms with Crippen LogP contribution in [0.25, 0.3) is 0 Å². The van der Waals surface area contributed by atoms with Crippen molar-refractivity contribution in [3.8, 4) is 0 Å². The Morgan fingerprint density at radius 2 is 1.93 bits per heavy atom. The highest BCUT2D eigenvalue weighted by molar-refractivity contribution is 9.09. The Morgan fingerprint density at radius 3 is 2.36 bits per heavy atom. The second kappa shape index (κ2) is 6.57. The molecule has 0 bridgehead atoms. The van der Waals surface area contributed by atoms with Gasteiger partial charge in [0.2, 0.25) is 0 Å². The smallest absolute Gasteiger partial charge is 0.0519 e. The van der Waals surface area contributed by atoms with Crippen molar-refractivity contribution in [2.24, 2.45) is 10.4 Å². The van der Waals surface area contributed by atoms with Crippen molar-refractivity contribution in [2.75, 3.05) is 5.45 Å². The van der Waals surface area contributed by atoms with Crippen LogP contribution in [0.4, 0.5) is 0 Å². The van der Waals surface area contributed by atoms with Gasteiger partial charge in [0.25, 0.3) is 0 Å². The van der Waals surface area contributed by atoms with Crippen molar-refractivity contribution in [3.63, 3.8) is 0 Å². The van der Waals surface area contributed by atoms with Crippen LogP contribution in [-0.2, 0) is 0 Å². The number of alkyl halides is 1. The largest absolute Gasteiger partial charge is 0.304 e. The summed E-state index contributed by atoms with van der Waals surface area (Å²) in [6, 6.07) is 0.879.